The molecule has 0 fully saturated rings. The predicted molar refractivity (Wildman–Crippen MR) is 89.9 cm³/mol. The average Bonchev–Trinajstić information content (AvgIpc) is 2.48. The Labute approximate surface area is 127 Å². The van der Waals surface area contributed by atoms with Gasteiger partial charge in [0.15, 0.2) is 0 Å². The third kappa shape index (κ3) is 4.15. The number of nitrogens with two attached hydrogens (primary N) is 1. The number of hydrogen-bond donors (Lipinski definition) is 2. The smallest absolute Gasteiger partial charge is 0.144 e. The van der Waals surface area contributed by atoms with E-state index in [4.69, 9.17) is 10.5 Å². The van der Waals surface area contributed by atoms with E-state index in [-0.39, 0.29) is 6.04 Å². The summed E-state index contributed by atoms with van der Waals surface area (Å²) in [6.45, 7) is 7.01. The molecule has 3 N–H and O–H groups in total. The molecule has 0 saturated heterocycles. The van der Waals surface area contributed by atoms with Crippen molar-refractivity contribution in [3.63, 3.8) is 0 Å². The minimum absolute atomic E-state index is 0.230. The number of rotatable bonds is 6. The molecule has 1 atom stereocenters. The van der Waals surface area contributed by atoms with Crippen molar-refractivity contribution in [3.05, 3.63) is 53.6 Å². The highest BCUT2D eigenvalue weighted by atomic mass is 16.5. The maximum atomic E-state index is 5.94. The number of ether oxygens (including phenoxy) is 1. The third-order valence-electron chi connectivity index (χ3n) is 3.44. The van der Waals surface area contributed by atoms with Gasteiger partial charge in [-0.3, -0.25) is 0 Å². The van der Waals surface area contributed by atoms with E-state index in [0.717, 1.165) is 17.9 Å². The zero-order chi connectivity index (χ0) is 15.2. The molecule has 0 aliphatic rings. The van der Waals surface area contributed by atoms with Crippen LogP contribution in [0.1, 0.15) is 37.4 Å². The summed E-state index contributed by atoms with van der Waals surface area (Å²) in [4.78, 5) is 0. The largest absolute Gasteiger partial charge is 0.491 e. The number of anilines is 2. The molecular weight excluding hydrogens is 260 g/mol. The molecule has 0 saturated carbocycles. The van der Waals surface area contributed by atoms with Gasteiger partial charge < -0.3 is 15.8 Å². The molecule has 0 heterocycles. The fourth-order valence-corrected chi connectivity index (χ4v) is 2.15. The standard InChI is InChI=1S/C18H24N2O/c1-4-11-21-18-12-16(9-10-17(18)19)20-14(3)15-7-5-13(2)6-8-15/h5-10,12,14,20H,4,11,19H2,1-3H3. The van der Waals surface area contributed by atoms with Crippen LogP contribution in [0.5, 0.6) is 5.75 Å². The van der Waals surface area contributed by atoms with Crippen LogP contribution >= 0.6 is 0 Å². The summed E-state index contributed by atoms with van der Waals surface area (Å²) < 4.78 is 5.66. The highest BCUT2D eigenvalue weighted by Crippen LogP contribution is 2.28. The Morgan fingerprint density at radius 2 is 1.86 bits per heavy atom. The van der Waals surface area contributed by atoms with Crippen molar-refractivity contribution in [1.82, 2.24) is 0 Å². The Balaban J connectivity index is 2.09. The second-order valence-corrected chi connectivity index (χ2v) is 5.38. The lowest BCUT2D eigenvalue weighted by Gasteiger charge is -2.17. The Morgan fingerprint density at radius 1 is 1.14 bits per heavy atom. The van der Waals surface area contributed by atoms with Crippen LogP contribution in [0, 0.1) is 6.92 Å². The van der Waals surface area contributed by atoms with E-state index in [2.05, 4.69) is 50.4 Å². The number of benzene rings is 2. The Bertz CT molecular complexity index is 578. The molecule has 3 nitrogen and oxygen atoms in total. The monoisotopic (exact) mass is 284 g/mol. The van der Waals surface area contributed by atoms with Crippen molar-refractivity contribution in [3.8, 4) is 5.75 Å². The number of aryl methyl sites for hydroxylation is 1. The highest BCUT2D eigenvalue weighted by Gasteiger charge is 2.07. The molecule has 0 aliphatic carbocycles. The summed E-state index contributed by atoms with van der Waals surface area (Å²) in [6, 6.07) is 14.6. The van der Waals surface area contributed by atoms with Crippen molar-refractivity contribution in [2.45, 2.75) is 33.2 Å². The summed E-state index contributed by atoms with van der Waals surface area (Å²) in [5.41, 5.74) is 10.2. The van der Waals surface area contributed by atoms with E-state index >= 15 is 0 Å². The van der Waals surface area contributed by atoms with Crippen LogP contribution in [0.4, 0.5) is 11.4 Å². The van der Waals surface area contributed by atoms with Crippen LogP contribution in [-0.4, -0.2) is 6.61 Å². The summed E-state index contributed by atoms with van der Waals surface area (Å²) in [5.74, 6) is 0.748. The van der Waals surface area contributed by atoms with E-state index in [1.807, 2.05) is 18.2 Å². The second-order valence-electron chi connectivity index (χ2n) is 5.38. The van der Waals surface area contributed by atoms with Gasteiger partial charge in [-0.05, 0) is 38.0 Å². The maximum absolute atomic E-state index is 5.94. The van der Waals surface area contributed by atoms with Crippen molar-refractivity contribution in [2.75, 3.05) is 17.7 Å². The van der Waals surface area contributed by atoms with Crippen LogP contribution in [0.3, 0.4) is 0 Å². The lowest BCUT2D eigenvalue weighted by molar-refractivity contribution is 0.319. The summed E-state index contributed by atoms with van der Waals surface area (Å²) >= 11 is 0. The van der Waals surface area contributed by atoms with Gasteiger partial charge in [0.1, 0.15) is 5.75 Å². The second kappa shape index (κ2) is 7.02. The van der Waals surface area contributed by atoms with E-state index in [1.54, 1.807) is 0 Å². The first-order valence-electron chi connectivity index (χ1n) is 7.45. The first-order valence-corrected chi connectivity index (χ1v) is 7.45. The van der Waals surface area contributed by atoms with Crippen LogP contribution in [-0.2, 0) is 0 Å². The van der Waals surface area contributed by atoms with Gasteiger partial charge in [-0.15, -0.1) is 0 Å². The molecule has 3 heteroatoms. The minimum atomic E-state index is 0.230. The predicted octanol–water partition coefficient (Wildman–Crippen LogP) is 4.54. The van der Waals surface area contributed by atoms with Crippen LogP contribution < -0.4 is 15.8 Å². The quantitative estimate of drug-likeness (QED) is 0.766. The van der Waals surface area contributed by atoms with E-state index in [0.29, 0.717) is 12.3 Å². The van der Waals surface area contributed by atoms with Crippen molar-refractivity contribution < 1.29 is 4.74 Å². The number of nitrogen functional groups attached to an aromatic ring is 1. The Morgan fingerprint density at radius 3 is 2.52 bits per heavy atom. The summed E-state index contributed by atoms with van der Waals surface area (Å²) in [6.07, 6.45) is 0.969. The van der Waals surface area contributed by atoms with Crippen molar-refractivity contribution in [1.29, 1.82) is 0 Å². The zero-order valence-electron chi connectivity index (χ0n) is 13.0. The topological polar surface area (TPSA) is 47.3 Å². The first kappa shape index (κ1) is 15.2. The number of hydrogen-bond acceptors (Lipinski definition) is 3. The van der Waals surface area contributed by atoms with Gasteiger partial charge in [-0.2, -0.15) is 0 Å². The van der Waals surface area contributed by atoms with Crippen LogP contribution in [0.25, 0.3) is 0 Å². The average molecular weight is 284 g/mol. The van der Waals surface area contributed by atoms with Gasteiger partial charge >= 0.3 is 0 Å². The lowest BCUT2D eigenvalue weighted by atomic mass is 10.1. The van der Waals surface area contributed by atoms with Crippen molar-refractivity contribution in [2.24, 2.45) is 0 Å². The Hall–Kier alpha value is -2.16. The molecule has 112 valence electrons. The molecule has 0 aliphatic heterocycles. The van der Waals surface area contributed by atoms with Crippen molar-refractivity contribution >= 4 is 11.4 Å². The molecule has 2 aromatic rings. The normalized spacial score (nSPS) is 12.0. The molecular formula is C18H24N2O. The van der Waals surface area contributed by atoms with Gasteiger partial charge in [0.2, 0.25) is 0 Å². The van der Waals surface area contributed by atoms with E-state index in [1.165, 1.54) is 11.1 Å². The fraction of sp³-hybridized carbons (Fsp3) is 0.333. The molecule has 21 heavy (non-hydrogen) atoms. The lowest BCUT2D eigenvalue weighted by Crippen LogP contribution is -2.07. The SMILES string of the molecule is CCCOc1cc(NC(C)c2ccc(C)cc2)ccc1N. The molecule has 0 radical (unpaired) electrons. The van der Waals surface area contributed by atoms with E-state index < -0.39 is 0 Å². The van der Waals surface area contributed by atoms with Gasteiger partial charge in [0.25, 0.3) is 0 Å². The molecule has 0 amide bonds. The van der Waals surface area contributed by atoms with Crippen LogP contribution in [0.2, 0.25) is 0 Å². The first-order chi connectivity index (χ1) is 10.1. The summed E-state index contributed by atoms with van der Waals surface area (Å²) in [5, 5.41) is 3.49. The molecule has 2 aromatic carbocycles. The van der Waals surface area contributed by atoms with Crippen LogP contribution in [0.15, 0.2) is 42.5 Å². The fourth-order valence-electron chi connectivity index (χ4n) is 2.15. The molecule has 2 rings (SSSR count). The van der Waals surface area contributed by atoms with Gasteiger partial charge in [-0.25, -0.2) is 0 Å². The minimum Gasteiger partial charge on any atom is -0.491 e. The zero-order valence-corrected chi connectivity index (χ0v) is 13.0. The molecule has 0 bridgehead atoms. The molecule has 0 aromatic heterocycles. The molecule has 1 unspecified atom stereocenters. The third-order valence-corrected chi connectivity index (χ3v) is 3.44. The van der Waals surface area contributed by atoms with E-state index in [9.17, 15) is 0 Å². The van der Waals surface area contributed by atoms with Gasteiger partial charge in [-0.1, -0.05) is 36.8 Å². The summed E-state index contributed by atoms with van der Waals surface area (Å²) in [7, 11) is 0. The molecule has 0 spiro atoms. The van der Waals surface area contributed by atoms with Gasteiger partial charge in [0, 0.05) is 17.8 Å². The van der Waals surface area contributed by atoms with Gasteiger partial charge in [0.05, 0.1) is 12.3 Å². The number of nitrogens with one attached hydrogen (secondary N) is 1. The highest BCUT2D eigenvalue weighted by molar-refractivity contribution is 5.61. The Kier molecular flexibility index (Phi) is 5.09. The maximum Gasteiger partial charge on any atom is 0.144 e.